The van der Waals surface area contributed by atoms with E-state index in [-0.39, 0.29) is 17.0 Å². The summed E-state index contributed by atoms with van der Waals surface area (Å²) in [5, 5.41) is 6.75. The Labute approximate surface area is 142 Å². The molecule has 1 N–H and O–H groups in total. The summed E-state index contributed by atoms with van der Waals surface area (Å²) < 4.78 is 31.1. The minimum atomic E-state index is -2.98. The van der Waals surface area contributed by atoms with E-state index < -0.39 is 12.5 Å². The summed E-state index contributed by atoms with van der Waals surface area (Å²) in [6.07, 6.45) is 1.40. The monoisotopic (exact) mass is 346 g/mol. The molecule has 8 heteroatoms. The van der Waals surface area contributed by atoms with E-state index in [1.54, 1.807) is 23.6 Å². The first kappa shape index (κ1) is 16.8. The number of hydrogen-bond acceptors (Lipinski definition) is 4. The Morgan fingerprint density at radius 3 is 2.72 bits per heavy atom. The lowest BCUT2D eigenvalue weighted by Gasteiger charge is -2.12. The van der Waals surface area contributed by atoms with Crippen LogP contribution in [0.25, 0.3) is 5.65 Å². The number of carbonyl (C=O) groups is 1. The minimum absolute atomic E-state index is 0.106. The standard InChI is InChI=1S/C17H16F2N4O2/c1-9-4-5-14(25-17(18)19)13(6-9)22-16(24)12-8-20-23-11(3)7-10(2)21-15(12)23/h4-8,17H,1-3H3,(H,22,24). The highest BCUT2D eigenvalue weighted by atomic mass is 19.3. The van der Waals surface area contributed by atoms with Gasteiger partial charge in [-0.15, -0.1) is 0 Å². The molecule has 2 heterocycles. The van der Waals surface area contributed by atoms with Crippen LogP contribution in [0.1, 0.15) is 27.3 Å². The van der Waals surface area contributed by atoms with Crippen LogP contribution in [0.5, 0.6) is 5.75 Å². The summed E-state index contributed by atoms with van der Waals surface area (Å²) in [5.41, 5.74) is 3.18. The summed E-state index contributed by atoms with van der Waals surface area (Å²) in [7, 11) is 0. The van der Waals surface area contributed by atoms with Gasteiger partial charge in [-0.1, -0.05) is 6.07 Å². The Kier molecular flexibility index (Phi) is 4.35. The molecule has 0 aliphatic rings. The number of ether oxygens (including phenoxy) is 1. The molecule has 0 fully saturated rings. The van der Waals surface area contributed by atoms with E-state index >= 15 is 0 Å². The van der Waals surface area contributed by atoms with Gasteiger partial charge in [0.15, 0.2) is 5.65 Å². The third-order valence-electron chi connectivity index (χ3n) is 3.62. The molecule has 0 bridgehead atoms. The highest BCUT2D eigenvalue weighted by molar-refractivity contribution is 6.08. The van der Waals surface area contributed by atoms with E-state index in [0.29, 0.717) is 5.65 Å². The zero-order chi connectivity index (χ0) is 18.1. The van der Waals surface area contributed by atoms with Gasteiger partial charge in [-0.3, -0.25) is 4.79 Å². The van der Waals surface area contributed by atoms with Crippen LogP contribution < -0.4 is 10.1 Å². The number of alkyl halides is 2. The summed E-state index contributed by atoms with van der Waals surface area (Å²) >= 11 is 0. The number of nitrogens with zero attached hydrogens (tertiary/aromatic N) is 3. The largest absolute Gasteiger partial charge is 0.433 e. The highest BCUT2D eigenvalue weighted by Gasteiger charge is 2.18. The van der Waals surface area contributed by atoms with Crippen molar-refractivity contribution in [3.8, 4) is 5.75 Å². The third-order valence-corrected chi connectivity index (χ3v) is 3.62. The zero-order valence-electron chi connectivity index (χ0n) is 13.9. The molecule has 0 unspecified atom stereocenters. The Bertz CT molecular complexity index is 953. The Hall–Kier alpha value is -3.03. The number of nitrogens with one attached hydrogen (secondary N) is 1. The number of amides is 1. The van der Waals surface area contributed by atoms with Crippen molar-refractivity contribution in [1.29, 1.82) is 0 Å². The fourth-order valence-electron chi connectivity index (χ4n) is 2.56. The van der Waals surface area contributed by atoms with Gasteiger partial charge in [0, 0.05) is 11.4 Å². The number of fused-ring (bicyclic) bond motifs is 1. The molecular weight excluding hydrogens is 330 g/mol. The van der Waals surface area contributed by atoms with Gasteiger partial charge in [-0.2, -0.15) is 13.9 Å². The van der Waals surface area contributed by atoms with E-state index in [4.69, 9.17) is 0 Å². The zero-order valence-corrected chi connectivity index (χ0v) is 13.9. The molecule has 0 saturated heterocycles. The van der Waals surface area contributed by atoms with Crippen LogP contribution in [0.2, 0.25) is 0 Å². The van der Waals surface area contributed by atoms with Crippen LogP contribution in [0, 0.1) is 20.8 Å². The third kappa shape index (κ3) is 3.42. The molecule has 3 aromatic rings. The fraction of sp³-hybridized carbons (Fsp3) is 0.235. The maximum absolute atomic E-state index is 12.6. The average molecular weight is 346 g/mol. The predicted molar refractivity (Wildman–Crippen MR) is 88.2 cm³/mol. The van der Waals surface area contributed by atoms with Gasteiger partial charge < -0.3 is 10.1 Å². The topological polar surface area (TPSA) is 68.5 Å². The molecule has 0 aliphatic carbocycles. The van der Waals surface area contributed by atoms with Gasteiger partial charge in [0.2, 0.25) is 0 Å². The average Bonchev–Trinajstić information content (AvgIpc) is 2.93. The normalized spacial score (nSPS) is 11.1. The second kappa shape index (κ2) is 6.46. The molecular formula is C17H16F2N4O2. The van der Waals surface area contributed by atoms with Crippen LogP contribution in [0.15, 0.2) is 30.5 Å². The van der Waals surface area contributed by atoms with Crippen LogP contribution in [-0.2, 0) is 0 Å². The van der Waals surface area contributed by atoms with Crippen molar-refractivity contribution in [3.05, 3.63) is 53.0 Å². The minimum Gasteiger partial charge on any atom is -0.433 e. The van der Waals surface area contributed by atoms with Gasteiger partial charge in [0.25, 0.3) is 5.91 Å². The molecule has 1 aromatic carbocycles. The first-order valence-corrected chi connectivity index (χ1v) is 7.54. The lowest BCUT2D eigenvalue weighted by atomic mass is 10.2. The molecule has 2 aromatic heterocycles. The number of carbonyl (C=O) groups excluding carboxylic acids is 1. The van der Waals surface area contributed by atoms with Crippen molar-refractivity contribution in [2.75, 3.05) is 5.32 Å². The number of benzene rings is 1. The smallest absolute Gasteiger partial charge is 0.387 e. The van der Waals surface area contributed by atoms with Gasteiger partial charge in [-0.05, 0) is 44.5 Å². The second-order valence-corrected chi connectivity index (χ2v) is 5.66. The van der Waals surface area contributed by atoms with Gasteiger partial charge in [0.05, 0.1) is 11.9 Å². The number of halogens is 2. The summed E-state index contributed by atoms with van der Waals surface area (Å²) in [6.45, 7) is 2.47. The van der Waals surface area contributed by atoms with Crippen molar-refractivity contribution < 1.29 is 18.3 Å². The van der Waals surface area contributed by atoms with E-state index in [9.17, 15) is 13.6 Å². The van der Waals surface area contributed by atoms with Crippen molar-refractivity contribution >= 4 is 17.2 Å². The second-order valence-electron chi connectivity index (χ2n) is 5.66. The molecule has 1 amide bonds. The Morgan fingerprint density at radius 1 is 1.24 bits per heavy atom. The van der Waals surface area contributed by atoms with Crippen LogP contribution in [-0.4, -0.2) is 27.1 Å². The maximum atomic E-state index is 12.6. The lowest BCUT2D eigenvalue weighted by molar-refractivity contribution is -0.0493. The summed E-state index contributed by atoms with van der Waals surface area (Å²) in [4.78, 5) is 16.9. The lowest BCUT2D eigenvalue weighted by Crippen LogP contribution is -2.14. The fourth-order valence-corrected chi connectivity index (χ4v) is 2.56. The number of rotatable bonds is 4. The Balaban J connectivity index is 1.97. The number of aromatic nitrogens is 3. The van der Waals surface area contributed by atoms with Crippen LogP contribution >= 0.6 is 0 Å². The van der Waals surface area contributed by atoms with Crippen LogP contribution in [0.3, 0.4) is 0 Å². The molecule has 130 valence electrons. The van der Waals surface area contributed by atoms with Gasteiger partial charge in [0.1, 0.15) is 11.3 Å². The van der Waals surface area contributed by atoms with Crippen molar-refractivity contribution in [2.24, 2.45) is 0 Å². The molecule has 0 spiro atoms. The van der Waals surface area contributed by atoms with E-state index in [1.165, 1.54) is 12.3 Å². The SMILES string of the molecule is Cc1ccc(OC(F)F)c(NC(=O)c2cnn3c(C)cc(C)nc23)c1. The van der Waals surface area contributed by atoms with Crippen molar-refractivity contribution in [1.82, 2.24) is 14.6 Å². The summed E-state index contributed by atoms with van der Waals surface area (Å²) in [6, 6.07) is 6.42. The predicted octanol–water partition coefficient (Wildman–Crippen LogP) is 3.51. The first-order valence-electron chi connectivity index (χ1n) is 7.54. The van der Waals surface area contributed by atoms with Gasteiger partial charge in [-0.25, -0.2) is 9.50 Å². The number of aryl methyl sites for hydroxylation is 3. The molecule has 25 heavy (non-hydrogen) atoms. The summed E-state index contributed by atoms with van der Waals surface area (Å²) in [5.74, 6) is -0.608. The van der Waals surface area contributed by atoms with Gasteiger partial charge >= 0.3 is 6.61 Å². The van der Waals surface area contributed by atoms with Crippen molar-refractivity contribution in [3.63, 3.8) is 0 Å². The maximum Gasteiger partial charge on any atom is 0.387 e. The Morgan fingerprint density at radius 2 is 2.00 bits per heavy atom. The highest BCUT2D eigenvalue weighted by Crippen LogP contribution is 2.28. The number of hydrogen-bond donors (Lipinski definition) is 1. The van der Waals surface area contributed by atoms with Crippen molar-refractivity contribution in [2.45, 2.75) is 27.4 Å². The quantitative estimate of drug-likeness (QED) is 0.785. The van der Waals surface area contributed by atoms with E-state index in [1.807, 2.05) is 19.9 Å². The molecule has 0 atom stereocenters. The first-order chi connectivity index (χ1) is 11.8. The molecule has 6 nitrogen and oxygen atoms in total. The molecule has 0 aliphatic heterocycles. The molecule has 3 rings (SSSR count). The van der Waals surface area contributed by atoms with Crippen LogP contribution in [0.4, 0.5) is 14.5 Å². The molecule has 0 radical (unpaired) electrons. The molecule has 0 saturated carbocycles. The van der Waals surface area contributed by atoms with E-state index in [2.05, 4.69) is 20.1 Å². The number of anilines is 1. The van der Waals surface area contributed by atoms with E-state index in [0.717, 1.165) is 17.0 Å².